The third-order valence-corrected chi connectivity index (χ3v) is 4.85. The van der Waals surface area contributed by atoms with Crippen molar-refractivity contribution in [2.24, 2.45) is 12.5 Å². The quantitative estimate of drug-likeness (QED) is 0.792. The zero-order valence-corrected chi connectivity index (χ0v) is 15.1. The Morgan fingerprint density at radius 1 is 1.29 bits per heavy atom. The van der Waals surface area contributed by atoms with Gasteiger partial charge in [-0.25, -0.2) is 0 Å². The van der Waals surface area contributed by atoms with Crippen LogP contribution in [0, 0.1) is 5.41 Å². The minimum atomic E-state index is -0.349. The molecule has 0 unspecified atom stereocenters. The molecule has 1 aromatic carbocycles. The number of rotatable bonds is 4. The molecule has 1 aliphatic rings. The lowest BCUT2D eigenvalue weighted by molar-refractivity contribution is -0.123. The van der Waals surface area contributed by atoms with Gasteiger partial charge in [0.05, 0.1) is 5.75 Å². The monoisotopic (exact) mass is 347 g/mol. The van der Waals surface area contributed by atoms with Crippen LogP contribution in [0.5, 0.6) is 11.5 Å². The van der Waals surface area contributed by atoms with Gasteiger partial charge in [0.25, 0.3) is 0 Å². The molecule has 0 spiro atoms. The van der Waals surface area contributed by atoms with Crippen LogP contribution in [0.2, 0.25) is 0 Å². The summed E-state index contributed by atoms with van der Waals surface area (Å²) in [6.07, 6.45) is -0.315. The number of hydrogen-bond acceptors (Lipinski definition) is 6. The number of thioether (sulfide) groups is 1. The molecule has 2 heterocycles. The molecule has 24 heavy (non-hydrogen) atoms. The smallest absolute Gasteiger partial charge is 0.192 e. The molecular formula is C17H21N3O3S. The van der Waals surface area contributed by atoms with E-state index in [1.54, 1.807) is 0 Å². The van der Waals surface area contributed by atoms with Crippen LogP contribution in [0.4, 0.5) is 0 Å². The number of ether oxygens (including phenoxy) is 2. The first-order valence-corrected chi connectivity index (χ1v) is 8.78. The largest absolute Gasteiger partial charge is 0.485 e. The summed E-state index contributed by atoms with van der Waals surface area (Å²) in [5.74, 6) is 2.69. The molecule has 0 bridgehead atoms. The number of carbonyl (C=O) groups excluding carboxylic acids is 1. The predicted molar refractivity (Wildman–Crippen MR) is 91.5 cm³/mol. The second-order valence-electron chi connectivity index (χ2n) is 6.73. The molecule has 128 valence electrons. The molecule has 0 N–H and O–H groups in total. The van der Waals surface area contributed by atoms with Crippen molar-refractivity contribution >= 4 is 17.5 Å². The van der Waals surface area contributed by atoms with E-state index in [4.69, 9.17) is 9.47 Å². The minimum absolute atomic E-state index is 0.184. The van der Waals surface area contributed by atoms with Gasteiger partial charge >= 0.3 is 0 Å². The predicted octanol–water partition coefficient (Wildman–Crippen LogP) is 3.03. The standard InChI is InChI=1S/C17H21N3O3S/c1-17(2,3)14(21)10-24-16-19-18-15(20(16)4)13-9-22-11-7-5-6-8-12(11)23-13/h5-8,13H,9-10H2,1-4H3/t13-/m1/s1. The van der Waals surface area contributed by atoms with Crippen molar-refractivity contribution in [3.05, 3.63) is 30.1 Å². The molecule has 7 heteroatoms. The highest BCUT2D eigenvalue weighted by molar-refractivity contribution is 7.99. The summed E-state index contributed by atoms with van der Waals surface area (Å²) in [5, 5.41) is 9.12. The first kappa shape index (κ1) is 16.8. The lowest BCUT2D eigenvalue weighted by atomic mass is 9.92. The molecule has 0 fully saturated rings. The van der Waals surface area contributed by atoms with E-state index in [1.807, 2.05) is 56.7 Å². The molecule has 0 radical (unpaired) electrons. The summed E-state index contributed by atoms with van der Waals surface area (Å²) >= 11 is 1.40. The summed E-state index contributed by atoms with van der Waals surface area (Å²) < 4.78 is 13.6. The number of hydrogen-bond donors (Lipinski definition) is 0. The number of nitrogens with zero attached hydrogens (tertiary/aromatic N) is 3. The Labute approximate surface area is 145 Å². The Hall–Kier alpha value is -2.02. The number of fused-ring (bicyclic) bond motifs is 1. The topological polar surface area (TPSA) is 66.2 Å². The van der Waals surface area contributed by atoms with Crippen LogP contribution < -0.4 is 9.47 Å². The Kier molecular flexibility index (Phi) is 4.54. The van der Waals surface area contributed by atoms with E-state index >= 15 is 0 Å². The number of carbonyl (C=O) groups is 1. The van der Waals surface area contributed by atoms with Gasteiger partial charge in [-0.2, -0.15) is 0 Å². The molecule has 0 saturated carbocycles. The number of aromatic nitrogens is 3. The summed E-state index contributed by atoms with van der Waals surface area (Å²) in [6.45, 7) is 6.14. The van der Waals surface area contributed by atoms with Crippen molar-refractivity contribution in [1.29, 1.82) is 0 Å². The number of Topliss-reactive ketones (excluding diaryl/α,β-unsaturated/α-hetero) is 1. The van der Waals surface area contributed by atoms with Gasteiger partial charge in [0.2, 0.25) is 0 Å². The molecule has 1 aromatic heterocycles. The van der Waals surface area contributed by atoms with Crippen molar-refractivity contribution in [2.45, 2.75) is 32.0 Å². The van der Waals surface area contributed by atoms with E-state index in [-0.39, 0.29) is 17.3 Å². The third-order valence-electron chi connectivity index (χ3n) is 3.83. The second-order valence-corrected chi connectivity index (χ2v) is 7.67. The number of para-hydroxylation sites is 2. The van der Waals surface area contributed by atoms with Gasteiger partial charge in [-0.3, -0.25) is 4.79 Å². The molecular weight excluding hydrogens is 326 g/mol. The third kappa shape index (κ3) is 3.40. The van der Waals surface area contributed by atoms with Gasteiger partial charge in [-0.1, -0.05) is 44.7 Å². The highest BCUT2D eigenvalue weighted by Crippen LogP contribution is 2.35. The zero-order valence-electron chi connectivity index (χ0n) is 14.3. The Bertz CT molecular complexity index is 752. The summed E-state index contributed by atoms with van der Waals surface area (Å²) in [7, 11) is 1.88. The molecule has 0 amide bonds. The van der Waals surface area contributed by atoms with Gasteiger partial charge in [0, 0.05) is 12.5 Å². The van der Waals surface area contributed by atoms with E-state index in [2.05, 4.69) is 10.2 Å². The highest BCUT2D eigenvalue weighted by atomic mass is 32.2. The molecule has 0 aliphatic carbocycles. The van der Waals surface area contributed by atoms with Crippen LogP contribution in [0.15, 0.2) is 29.4 Å². The second kappa shape index (κ2) is 6.47. The first-order chi connectivity index (χ1) is 11.4. The normalized spacial score (nSPS) is 16.9. The Balaban J connectivity index is 1.71. The van der Waals surface area contributed by atoms with Crippen LogP contribution in [0.3, 0.4) is 0 Å². The molecule has 3 rings (SSSR count). The van der Waals surface area contributed by atoms with Gasteiger partial charge in [-0.15, -0.1) is 10.2 Å². The van der Waals surface area contributed by atoms with Crippen LogP contribution in [-0.2, 0) is 11.8 Å². The Morgan fingerprint density at radius 3 is 2.71 bits per heavy atom. The minimum Gasteiger partial charge on any atom is -0.485 e. The number of benzene rings is 1. The van der Waals surface area contributed by atoms with Crippen LogP contribution in [-0.4, -0.2) is 32.9 Å². The summed E-state index contributed by atoms with van der Waals surface area (Å²) in [5.41, 5.74) is -0.349. The van der Waals surface area contributed by atoms with Crippen molar-refractivity contribution in [1.82, 2.24) is 14.8 Å². The number of ketones is 1. The van der Waals surface area contributed by atoms with Crippen molar-refractivity contribution in [3.63, 3.8) is 0 Å². The average molecular weight is 347 g/mol. The van der Waals surface area contributed by atoms with Crippen molar-refractivity contribution in [2.75, 3.05) is 12.4 Å². The maximum atomic E-state index is 12.1. The molecule has 2 aromatic rings. The van der Waals surface area contributed by atoms with E-state index in [1.165, 1.54) is 11.8 Å². The highest BCUT2D eigenvalue weighted by Gasteiger charge is 2.28. The molecule has 0 saturated heterocycles. The van der Waals surface area contributed by atoms with Crippen LogP contribution in [0.25, 0.3) is 0 Å². The lowest BCUT2D eigenvalue weighted by Gasteiger charge is -2.25. The van der Waals surface area contributed by atoms with Crippen LogP contribution in [0.1, 0.15) is 32.7 Å². The summed E-state index contributed by atoms with van der Waals surface area (Å²) in [6, 6.07) is 7.56. The average Bonchev–Trinajstić information content (AvgIpc) is 2.92. The Morgan fingerprint density at radius 2 is 2.00 bits per heavy atom. The van der Waals surface area contributed by atoms with E-state index in [0.717, 1.165) is 5.75 Å². The zero-order chi connectivity index (χ0) is 17.3. The van der Waals surface area contributed by atoms with Gasteiger partial charge in [0.1, 0.15) is 12.4 Å². The lowest BCUT2D eigenvalue weighted by Crippen LogP contribution is -2.24. The maximum absolute atomic E-state index is 12.1. The first-order valence-electron chi connectivity index (χ1n) is 7.80. The van der Waals surface area contributed by atoms with Gasteiger partial charge < -0.3 is 14.0 Å². The van der Waals surface area contributed by atoms with Crippen molar-refractivity contribution in [3.8, 4) is 11.5 Å². The molecule has 1 atom stereocenters. The van der Waals surface area contributed by atoms with E-state index in [9.17, 15) is 4.79 Å². The SMILES string of the molecule is Cn1c(SCC(=O)C(C)(C)C)nnc1[C@H]1COc2ccccc2O1. The van der Waals surface area contributed by atoms with Crippen LogP contribution >= 0.6 is 11.8 Å². The van der Waals surface area contributed by atoms with Gasteiger partial charge in [0.15, 0.2) is 28.6 Å². The fourth-order valence-corrected chi connectivity index (χ4v) is 3.30. The van der Waals surface area contributed by atoms with E-state index in [0.29, 0.717) is 29.1 Å². The fraction of sp³-hybridized carbons (Fsp3) is 0.471. The van der Waals surface area contributed by atoms with E-state index < -0.39 is 0 Å². The molecule has 6 nitrogen and oxygen atoms in total. The molecule has 1 aliphatic heterocycles. The van der Waals surface area contributed by atoms with Crippen molar-refractivity contribution < 1.29 is 14.3 Å². The summed E-state index contributed by atoms with van der Waals surface area (Å²) in [4.78, 5) is 12.1. The van der Waals surface area contributed by atoms with Gasteiger partial charge in [-0.05, 0) is 12.1 Å². The fourth-order valence-electron chi connectivity index (χ4n) is 2.23. The maximum Gasteiger partial charge on any atom is 0.192 e.